The zero-order valence-corrected chi connectivity index (χ0v) is 11.4. The number of nitrogens with two attached hydrogens (primary N) is 1. The van der Waals surface area contributed by atoms with Crippen molar-refractivity contribution in [2.24, 2.45) is 11.7 Å². The second-order valence-electron chi connectivity index (χ2n) is 4.38. The van der Waals surface area contributed by atoms with Crippen molar-refractivity contribution in [1.29, 1.82) is 0 Å². The van der Waals surface area contributed by atoms with E-state index >= 15 is 0 Å². The van der Waals surface area contributed by atoms with E-state index in [1.54, 1.807) is 0 Å². The predicted molar refractivity (Wildman–Crippen MR) is 65.9 cm³/mol. The number of hydrogen-bond acceptors (Lipinski definition) is 5. The number of sulfonamides is 1. The Labute approximate surface area is 103 Å². The summed E-state index contributed by atoms with van der Waals surface area (Å²) in [6.45, 7) is 4.24. The minimum atomic E-state index is -3.45. The molecule has 1 atom stereocenters. The molecule has 0 aliphatic rings. The number of esters is 1. The van der Waals surface area contributed by atoms with Crippen LogP contribution in [-0.2, 0) is 19.6 Å². The highest BCUT2D eigenvalue weighted by Gasteiger charge is 2.15. The van der Waals surface area contributed by atoms with Gasteiger partial charge in [-0.25, -0.2) is 13.1 Å². The van der Waals surface area contributed by atoms with Gasteiger partial charge in [0.15, 0.2) is 0 Å². The zero-order chi connectivity index (χ0) is 13.5. The third kappa shape index (κ3) is 9.08. The highest BCUT2D eigenvalue weighted by Crippen LogP contribution is 2.02. The van der Waals surface area contributed by atoms with Gasteiger partial charge in [-0.1, -0.05) is 13.8 Å². The Balaban J connectivity index is 3.97. The summed E-state index contributed by atoms with van der Waals surface area (Å²) in [5, 5.41) is 0. The maximum atomic E-state index is 11.5. The average Bonchev–Trinajstić information content (AvgIpc) is 2.22. The molecule has 0 saturated heterocycles. The van der Waals surface area contributed by atoms with Crippen LogP contribution in [0.3, 0.4) is 0 Å². The van der Waals surface area contributed by atoms with Crippen LogP contribution in [-0.4, -0.2) is 39.8 Å². The SMILES string of the molecule is COC(=O)CCS(=O)(=O)NCC(N)CC(C)C. The molecular weight excluding hydrogens is 244 g/mol. The summed E-state index contributed by atoms with van der Waals surface area (Å²) in [4.78, 5) is 10.8. The number of nitrogens with one attached hydrogen (secondary N) is 1. The minimum absolute atomic E-state index is 0.148. The Bertz CT molecular complexity index is 327. The van der Waals surface area contributed by atoms with E-state index in [1.807, 2.05) is 13.8 Å². The Morgan fingerprint density at radius 2 is 2.00 bits per heavy atom. The van der Waals surface area contributed by atoms with Gasteiger partial charge < -0.3 is 10.5 Å². The lowest BCUT2D eigenvalue weighted by Gasteiger charge is -2.14. The van der Waals surface area contributed by atoms with Gasteiger partial charge in [0.25, 0.3) is 0 Å². The van der Waals surface area contributed by atoms with Crippen molar-refractivity contribution in [3.8, 4) is 0 Å². The monoisotopic (exact) mass is 266 g/mol. The molecule has 0 aromatic rings. The Hall–Kier alpha value is -0.660. The summed E-state index contributed by atoms with van der Waals surface area (Å²) >= 11 is 0. The molecule has 102 valence electrons. The summed E-state index contributed by atoms with van der Waals surface area (Å²) in [6, 6.07) is -0.206. The molecule has 0 aromatic heterocycles. The van der Waals surface area contributed by atoms with Crippen molar-refractivity contribution in [1.82, 2.24) is 4.72 Å². The van der Waals surface area contributed by atoms with Crippen LogP contribution in [0.1, 0.15) is 26.7 Å². The number of carbonyl (C=O) groups is 1. The summed E-state index contributed by atoms with van der Waals surface area (Å²) in [6.07, 6.45) is 0.602. The van der Waals surface area contributed by atoms with Crippen LogP contribution >= 0.6 is 0 Å². The number of methoxy groups -OCH3 is 1. The van der Waals surface area contributed by atoms with Gasteiger partial charge in [0.05, 0.1) is 19.3 Å². The minimum Gasteiger partial charge on any atom is -0.469 e. The fourth-order valence-corrected chi connectivity index (χ4v) is 2.36. The first-order chi connectivity index (χ1) is 7.76. The van der Waals surface area contributed by atoms with Crippen LogP contribution < -0.4 is 10.5 Å². The fourth-order valence-electron chi connectivity index (χ4n) is 1.31. The Kier molecular flexibility index (Phi) is 7.33. The van der Waals surface area contributed by atoms with Gasteiger partial charge in [-0.15, -0.1) is 0 Å². The van der Waals surface area contributed by atoms with E-state index in [2.05, 4.69) is 9.46 Å². The fraction of sp³-hybridized carbons (Fsp3) is 0.900. The van der Waals surface area contributed by atoms with E-state index in [-0.39, 0.29) is 24.8 Å². The molecule has 17 heavy (non-hydrogen) atoms. The number of ether oxygens (including phenoxy) is 1. The van der Waals surface area contributed by atoms with E-state index < -0.39 is 16.0 Å². The Morgan fingerprint density at radius 3 is 2.47 bits per heavy atom. The summed E-state index contributed by atoms with van der Waals surface area (Å²) in [7, 11) is -2.23. The standard InChI is InChI=1S/C10H22N2O4S/c1-8(2)6-9(11)7-12-17(14,15)5-4-10(13)16-3/h8-9,12H,4-7,11H2,1-3H3. The largest absolute Gasteiger partial charge is 0.469 e. The van der Waals surface area contributed by atoms with Crippen molar-refractivity contribution in [3.05, 3.63) is 0 Å². The predicted octanol–water partition coefficient (Wildman–Crippen LogP) is -0.158. The molecule has 3 N–H and O–H groups in total. The number of carbonyl (C=O) groups excluding carboxylic acids is 1. The molecule has 7 heteroatoms. The summed E-state index contributed by atoms with van der Waals surface area (Å²) in [5.74, 6) is -0.389. The normalized spacial score (nSPS) is 13.7. The third-order valence-electron chi connectivity index (χ3n) is 2.14. The highest BCUT2D eigenvalue weighted by atomic mass is 32.2. The second kappa shape index (κ2) is 7.62. The maximum absolute atomic E-state index is 11.5. The Morgan fingerprint density at radius 1 is 1.41 bits per heavy atom. The molecule has 0 fully saturated rings. The second-order valence-corrected chi connectivity index (χ2v) is 6.31. The number of rotatable bonds is 8. The van der Waals surface area contributed by atoms with Gasteiger partial charge in [-0.05, 0) is 12.3 Å². The van der Waals surface area contributed by atoms with E-state index in [0.717, 1.165) is 6.42 Å². The highest BCUT2D eigenvalue weighted by molar-refractivity contribution is 7.89. The summed E-state index contributed by atoms with van der Waals surface area (Å²) in [5.41, 5.74) is 5.75. The van der Waals surface area contributed by atoms with E-state index in [1.165, 1.54) is 7.11 Å². The molecule has 0 bridgehead atoms. The molecule has 0 saturated carbocycles. The van der Waals surface area contributed by atoms with Crippen LogP contribution in [0, 0.1) is 5.92 Å². The third-order valence-corrected chi connectivity index (χ3v) is 3.49. The quantitative estimate of drug-likeness (QED) is 0.595. The van der Waals surface area contributed by atoms with Gasteiger partial charge in [0.2, 0.25) is 10.0 Å². The van der Waals surface area contributed by atoms with Gasteiger partial charge >= 0.3 is 5.97 Å². The summed E-state index contributed by atoms with van der Waals surface area (Å²) < 4.78 is 29.7. The first-order valence-electron chi connectivity index (χ1n) is 5.56. The lowest BCUT2D eigenvalue weighted by Crippen LogP contribution is -2.39. The molecule has 0 heterocycles. The molecule has 0 aliphatic carbocycles. The van der Waals surface area contributed by atoms with Gasteiger partial charge in [-0.3, -0.25) is 4.79 Å². The van der Waals surface area contributed by atoms with E-state index in [4.69, 9.17) is 5.73 Å². The molecule has 6 nitrogen and oxygen atoms in total. The molecule has 0 aromatic carbocycles. The first kappa shape index (κ1) is 16.3. The van der Waals surface area contributed by atoms with Crippen LogP contribution in [0.4, 0.5) is 0 Å². The molecule has 0 aliphatic heterocycles. The van der Waals surface area contributed by atoms with E-state index in [9.17, 15) is 13.2 Å². The molecular formula is C10H22N2O4S. The zero-order valence-electron chi connectivity index (χ0n) is 10.6. The van der Waals surface area contributed by atoms with Crippen LogP contribution in [0.2, 0.25) is 0 Å². The van der Waals surface area contributed by atoms with Gasteiger partial charge in [0.1, 0.15) is 0 Å². The number of hydrogen-bond donors (Lipinski definition) is 2. The van der Waals surface area contributed by atoms with Crippen molar-refractivity contribution < 1.29 is 17.9 Å². The average molecular weight is 266 g/mol. The van der Waals surface area contributed by atoms with Crippen LogP contribution in [0.25, 0.3) is 0 Å². The topological polar surface area (TPSA) is 98.5 Å². The maximum Gasteiger partial charge on any atom is 0.306 e. The van der Waals surface area contributed by atoms with Crippen molar-refractivity contribution in [3.63, 3.8) is 0 Å². The first-order valence-corrected chi connectivity index (χ1v) is 7.21. The molecule has 0 amide bonds. The lowest BCUT2D eigenvalue weighted by atomic mass is 10.1. The molecule has 0 spiro atoms. The van der Waals surface area contributed by atoms with Crippen molar-refractivity contribution >= 4 is 16.0 Å². The smallest absolute Gasteiger partial charge is 0.306 e. The molecule has 0 rings (SSSR count). The van der Waals surface area contributed by atoms with Crippen LogP contribution in [0.15, 0.2) is 0 Å². The van der Waals surface area contributed by atoms with Crippen molar-refractivity contribution in [2.45, 2.75) is 32.7 Å². The van der Waals surface area contributed by atoms with Gasteiger partial charge in [-0.2, -0.15) is 0 Å². The molecule has 1 unspecified atom stereocenters. The van der Waals surface area contributed by atoms with Crippen LogP contribution in [0.5, 0.6) is 0 Å². The molecule has 0 radical (unpaired) electrons. The van der Waals surface area contributed by atoms with Crippen molar-refractivity contribution in [2.75, 3.05) is 19.4 Å². The van der Waals surface area contributed by atoms with E-state index in [0.29, 0.717) is 5.92 Å². The van der Waals surface area contributed by atoms with Gasteiger partial charge in [0, 0.05) is 12.6 Å². The lowest BCUT2D eigenvalue weighted by molar-refractivity contribution is -0.140.